The maximum Gasteiger partial charge on any atom is 0.133 e. The number of Topliss-reactive ketones (excluding diaryl/α,β-unsaturated/α-hetero) is 1. The van der Waals surface area contributed by atoms with Crippen molar-refractivity contribution < 1.29 is 9.90 Å². The molecular weight excluding hydrogens is 236 g/mol. The molecule has 2 heteroatoms. The third-order valence-electron chi connectivity index (χ3n) is 3.66. The van der Waals surface area contributed by atoms with Crippen LogP contribution in [0.1, 0.15) is 91.4 Å². The van der Waals surface area contributed by atoms with Crippen LogP contribution in [-0.2, 0) is 4.79 Å². The SMILES string of the molecule is CCCCCCCCCCCC(=O)CC(C)(C)CO. The number of aliphatic hydroxyl groups excluding tert-OH is 1. The number of aliphatic hydroxyl groups is 1. The topological polar surface area (TPSA) is 37.3 Å². The lowest BCUT2D eigenvalue weighted by Crippen LogP contribution is -2.21. The van der Waals surface area contributed by atoms with Crippen LogP contribution in [-0.4, -0.2) is 17.5 Å². The monoisotopic (exact) mass is 270 g/mol. The van der Waals surface area contributed by atoms with E-state index in [0.717, 1.165) is 6.42 Å². The minimum absolute atomic E-state index is 0.0938. The first-order chi connectivity index (χ1) is 9.02. The molecule has 0 spiro atoms. The van der Waals surface area contributed by atoms with Gasteiger partial charge in [0.1, 0.15) is 5.78 Å². The van der Waals surface area contributed by atoms with Gasteiger partial charge < -0.3 is 5.11 Å². The molecule has 19 heavy (non-hydrogen) atoms. The maximum atomic E-state index is 11.7. The number of hydrogen-bond acceptors (Lipinski definition) is 2. The second-order valence-electron chi connectivity index (χ2n) is 6.62. The molecule has 0 amide bonds. The molecule has 0 aromatic carbocycles. The molecule has 0 saturated carbocycles. The van der Waals surface area contributed by atoms with Gasteiger partial charge in [-0.05, 0) is 11.8 Å². The molecule has 0 rings (SSSR count). The average molecular weight is 270 g/mol. The van der Waals surface area contributed by atoms with Gasteiger partial charge in [0.05, 0.1) is 0 Å². The second kappa shape index (κ2) is 11.5. The van der Waals surface area contributed by atoms with Crippen molar-refractivity contribution in [3.05, 3.63) is 0 Å². The lowest BCUT2D eigenvalue weighted by Gasteiger charge is -2.20. The molecule has 0 aromatic heterocycles. The summed E-state index contributed by atoms with van der Waals surface area (Å²) in [6.07, 6.45) is 12.8. The molecule has 0 fully saturated rings. The van der Waals surface area contributed by atoms with Gasteiger partial charge in [-0.1, -0.05) is 72.1 Å². The van der Waals surface area contributed by atoms with Gasteiger partial charge in [0.2, 0.25) is 0 Å². The second-order valence-corrected chi connectivity index (χ2v) is 6.62. The number of rotatable bonds is 13. The van der Waals surface area contributed by atoms with Crippen molar-refractivity contribution in [1.82, 2.24) is 0 Å². The van der Waals surface area contributed by atoms with Gasteiger partial charge in [-0.3, -0.25) is 4.79 Å². The summed E-state index contributed by atoms with van der Waals surface area (Å²) in [5, 5.41) is 9.12. The van der Waals surface area contributed by atoms with E-state index in [0.29, 0.717) is 18.6 Å². The van der Waals surface area contributed by atoms with E-state index in [-0.39, 0.29) is 12.0 Å². The van der Waals surface area contributed by atoms with Gasteiger partial charge in [-0.2, -0.15) is 0 Å². The van der Waals surface area contributed by atoms with E-state index in [1.165, 1.54) is 51.4 Å². The fourth-order valence-corrected chi connectivity index (χ4v) is 2.31. The Labute approximate surface area is 120 Å². The van der Waals surface area contributed by atoms with Crippen LogP contribution in [0, 0.1) is 5.41 Å². The van der Waals surface area contributed by atoms with Crippen LogP contribution < -0.4 is 0 Å². The summed E-state index contributed by atoms with van der Waals surface area (Å²) in [5.74, 6) is 0.307. The fourth-order valence-electron chi connectivity index (χ4n) is 2.31. The van der Waals surface area contributed by atoms with Crippen LogP contribution in [0.4, 0.5) is 0 Å². The summed E-state index contributed by atoms with van der Waals surface area (Å²) in [6, 6.07) is 0. The zero-order valence-electron chi connectivity index (χ0n) is 13.3. The third-order valence-corrected chi connectivity index (χ3v) is 3.66. The molecule has 0 saturated heterocycles. The van der Waals surface area contributed by atoms with Crippen LogP contribution in [0.2, 0.25) is 0 Å². The van der Waals surface area contributed by atoms with E-state index < -0.39 is 0 Å². The zero-order valence-corrected chi connectivity index (χ0v) is 13.3. The predicted molar refractivity (Wildman–Crippen MR) is 82.3 cm³/mol. The van der Waals surface area contributed by atoms with Crippen LogP contribution in [0.25, 0.3) is 0 Å². The zero-order chi connectivity index (χ0) is 14.6. The summed E-state index contributed by atoms with van der Waals surface area (Å²) in [6.45, 7) is 6.23. The first kappa shape index (κ1) is 18.6. The Kier molecular flexibility index (Phi) is 11.2. The summed E-state index contributed by atoms with van der Waals surface area (Å²) >= 11 is 0. The molecule has 0 bridgehead atoms. The summed E-state index contributed by atoms with van der Waals surface area (Å²) < 4.78 is 0. The fraction of sp³-hybridized carbons (Fsp3) is 0.941. The molecule has 0 radical (unpaired) electrons. The smallest absolute Gasteiger partial charge is 0.133 e. The largest absolute Gasteiger partial charge is 0.396 e. The van der Waals surface area contributed by atoms with Crippen molar-refractivity contribution in [2.24, 2.45) is 5.41 Å². The van der Waals surface area contributed by atoms with E-state index in [9.17, 15) is 4.79 Å². The molecule has 0 aliphatic carbocycles. The van der Waals surface area contributed by atoms with Crippen molar-refractivity contribution >= 4 is 5.78 Å². The molecule has 0 unspecified atom stereocenters. The highest BCUT2D eigenvalue weighted by Gasteiger charge is 2.20. The van der Waals surface area contributed by atoms with E-state index in [1.54, 1.807) is 0 Å². The van der Waals surface area contributed by atoms with Crippen LogP contribution in [0.3, 0.4) is 0 Å². The minimum atomic E-state index is -0.240. The minimum Gasteiger partial charge on any atom is -0.396 e. The van der Waals surface area contributed by atoms with Crippen LogP contribution in [0.5, 0.6) is 0 Å². The van der Waals surface area contributed by atoms with Crippen LogP contribution in [0.15, 0.2) is 0 Å². The normalized spacial score (nSPS) is 11.8. The number of carbonyl (C=O) groups is 1. The van der Waals surface area contributed by atoms with Crippen molar-refractivity contribution in [3.63, 3.8) is 0 Å². The van der Waals surface area contributed by atoms with E-state index in [4.69, 9.17) is 5.11 Å². The van der Waals surface area contributed by atoms with Crippen molar-refractivity contribution in [1.29, 1.82) is 0 Å². The lowest BCUT2D eigenvalue weighted by molar-refractivity contribution is -0.121. The standard InChI is InChI=1S/C17H34O2/c1-4-5-6-7-8-9-10-11-12-13-16(19)14-17(2,3)15-18/h18H,4-15H2,1-3H3. The van der Waals surface area contributed by atoms with Gasteiger partial charge in [0, 0.05) is 19.4 Å². The molecule has 114 valence electrons. The number of unbranched alkanes of at least 4 members (excludes halogenated alkanes) is 8. The molecular formula is C17H34O2. The summed E-state index contributed by atoms with van der Waals surface area (Å²) in [7, 11) is 0. The highest BCUT2D eigenvalue weighted by atomic mass is 16.3. The molecule has 0 atom stereocenters. The molecule has 0 heterocycles. The lowest BCUT2D eigenvalue weighted by atomic mass is 9.87. The Morgan fingerprint density at radius 1 is 0.895 bits per heavy atom. The Hall–Kier alpha value is -0.370. The molecule has 1 N–H and O–H groups in total. The summed E-state index contributed by atoms with van der Waals surface area (Å²) in [4.78, 5) is 11.7. The number of carbonyl (C=O) groups excluding carboxylic acids is 1. The Bertz CT molecular complexity index is 221. The first-order valence-electron chi connectivity index (χ1n) is 8.14. The predicted octanol–water partition coefficient (Wildman–Crippen LogP) is 4.89. The third kappa shape index (κ3) is 12.4. The van der Waals surface area contributed by atoms with Gasteiger partial charge >= 0.3 is 0 Å². The van der Waals surface area contributed by atoms with E-state index >= 15 is 0 Å². The van der Waals surface area contributed by atoms with Crippen molar-refractivity contribution in [3.8, 4) is 0 Å². The highest BCUT2D eigenvalue weighted by molar-refractivity contribution is 5.78. The quantitative estimate of drug-likeness (QED) is 0.484. The van der Waals surface area contributed by atoms with E-state index in [1.807, 2.05) is 13.8 Å². The Balaban J connectivity index is 3.32. The average Bonchev–Trinajstić information content (AvgIpc) is 2.36. The summed E-state index contributed by atoms with van der Waals surface area (Å²) in [5.41, 5.74) is -0.240. The maximum absolute atomic E-state index is 11.7. The van der Waals surface area contributed by atoms with Gasteiger partial charge in [0.15, 0.2) is 0 Å². The van der Waals surface area contributed by atoms with Crippen LogP contribution >= 0.6 is 0 Å². The Morgan fingerprint density at radius 3 is 1.84 bits per heavy atom. The molecule has 2 nitrogen and oxygen atoms in total. The number of hydrogen-bond donors (Lipinski definition) is 1. The van der Waals surface area contributed by atoms with E-state index in [2.05, 4.69) is 6.92 Å². The molecule has 0 aliphatic heterocycles. The highest BCUT2D eigenvalue weighted by Crippen LogP contribution is 2.21. The number of ketones is 1. The molecule has 0 aliphatic rings. The van der Waals surface area contributed by atoms with Crippen molar-refractivity contribution in [2.75, 3.05) is 6.61 Å². The van der Waals surface area contributed by atoms with Gasteiger partial charge in [-0.15, -0.1) is 0 Å². The van der Waals surface area contributed by atoms with Crippen molar-refractivity contribution in [2.45, 2.75) is 91.4 Å². The molecule has 0 aromatic rings. The first-order valence-corrected chi connectivity index (χ1v) is 8.14. The Morgan fingerprint density at radius 2 is 1.37 bits per heavy atom. The van der Waals surface area contributed by atoms with Gasteiger partial charge in [0.25, 0.3) is 0 Å². The van der Waals surface area contributed by atoms with Gasteiger partial charge in [-0.25, -0.2) is 0 Å².